The maximum atomic E-state index is 12.8. The number of pyridine rings is 1. The highest BCUT2D eigenvalue weighted by atomic mass is 16.2. The van der Waals surface area contributed by atoms with Gasteiger partial charge in [-0.1, -0.05) is 42.5 Å². The zero-order valence-corrected chi connectivity index (χ0v) is 17.5. The summed E-state index contributed by atoms with van der Waals surface area (Å²) in [6.45, 7) is 2.23. The molecule has 6 nitrogen and oxygen atoms in total. The van der Waals surface area contributed by atoms with E-state index in [4.69, 9.17) is 5.73 Å². The molecule has 0 saturated heterocycles. The number of rotatable bonds is 7. The molecule has 0 bridgehead atoms. The smallest absolute Gasteiger partial charge is 0.255 e. The molecule has 0 radical (unpaired) electrons. The van der Waals surface area contributed by atoms with Crippen LogP contribution < -0.4 is 16.4 Å². The quantitative estimate of drug-likeness (QED) is 0.551. The molecular formula is C25H26N4O2. The predicted molar refractivity (Wildman–Crippen MR) is 121 cm³/mol. The standard InChI is InChI=1S/C25H26N4O2/c1-17-15-27-14-11-22(17)29-23(30)19-9-7-18(8-10-19)21(26)16-28-24(31)25(12-13-25)20-5-3-2-4-6-20/h2-11,14-15,21H,12-13,16,26H2,1H3,(H,28,31)(H,27,29,30). The van der Waals surface area contributed by atoms with Crippen LogP contribution in [-0.4, -0.2) is 23.3 Å². The summed E-state index contributed by atoms with van der Waals surface area (Å²) in [5.74, 6) is -0.167. The Morgan fingerprint density at radius 1 is 1.06 bits per heavy atom. The van der Waals surface area contributed by atoms with E-state index in [1.165, 1.54) is 0 Å². The Balaban J connectivity index is 1.34. The van der Waals surface area contributed by atoms with Crippen molar-refractivity contribution in [2.75, 3.05) is 11.9 Å². The van der Waals surface area contributed by atoms with Gasteiger partial charge < -0.3 is 16.4 Å². The molecule has 1 aromatic heterocycles. The molecule has 2 aromatic carbocycles. The molecule has 0 spiro atoms. The molecule has 1 atom stereocenters. The van der Waals surface area contributed by atoms with Gasteiger partial charge in [-0.2, -0.15) is 0 Å². The summed E-state index contributed by atoms with van der Waals surface area (Å²) in [5, 5.41) is 5.90. The van der Waals surface area contributed by atoms with Crippen LogP contribution in [0.5, 0.6) is 0 Å². The van der Waals surface area contributed by atoms with Crippen LogP contribution in [0.25, 0.3) is 0 Å². The Labute approximate surface area is 181 Å². The van der Waals surface area contributed by atoms with Crippen molar-refractivity contribution in [1.82, 2.24) is 10.3 Å². The van der Waals surface area contributed by atoms with Crippen LogP contribution in [0, 0.1) is 6.92 Å². The normalized spacial score (nSPS) is 15.0. The summed E-state index contributed by atoms with van der Waals surface area (Å²) in [6.07, 6.45) is 5.07. The molecule has 1 aliphatic carbocycles. The molecule has 6 heteroatoms. The van der Waals surface area contributed by atoms with Crippen LogP contribution in [0.15, 0.2) is 73.1 Å². The van der Waals surface area contributed by atoms with E-state index in [-0.39, 0.29) is 17.9 Å². The Kier molecular flexibility index (Phi) is 5.82. The number of carbonyl (C=O) groups is 2. The van der Waals surface area contributed by atoms with Gasteiger partial charge in [0.25, 0.3) is 5.91 Å². The molecule has 1 heterocycles. The summed E-state index contributed by atoms with van der Waals surface area (Å²) in [5.41, 5.74) is 9.97. The van der Waals surface area contributed by atoms with E-state index in [1.807, 2.05) is 49.4 Å². The van der Waals surface area contributed by atoms with Crippen LogP contribution in [0.3, 0.4) is 0 Å². The summed E-state index contributed by atoms with van der Waals surface area (Å²) < 4.78 is 0. The van der Waals surface area contributed by atoms with Gasteiger partial charge in [-0.05, 0) is 54.7 Å². The van der Waals surface area contributed by atoms with E-state index in [0.29, 0.717) is 12.1 Å². The fourth-order valence-electron chi connectivity index (χ4n) is 3.71. The number of aromatic nitrogens is 1. The predicted octanol–water partition coefficient (Wildman–Crippen LogP) is 3.49. The number of nitrogens with zero attached hydrogens (tertiary/aromatic N) is 1. The first-order chi connectivity index (χ1) is 15.0. The zero-order valence-electron chi connectivity index (χ0n) is 17.5. The molecule has 4 rings (SSSR count). The molecular weight excluding hydrogens is 388 g/mol. The lowest BCUT2D eigenvalue weighted by Gasteiger charge is -2.19. The largest absolute Gasteiger partial charge is 0.353 e. The Hall–Kier alpha value is -3.51. The first-order valence-electron chi connectivity index (χ1n) is 10.4. The van der Waals surface area contributed by atoms with E-state index in [9.17, 15) is 9.59 Å². The lowest BCUT2D eigenvalue weighted by atomic mass is 9.95. The summed E-state index contributed by atoms with van der Waals surface area (Å²) >= 11 is 0. The fraction of sp³-hybridized carbons (Fsp3) is 0.240. The van der Waals surface area contributed by atoms with E-state index in [0.717, 1.165) is 35.2 Å². The first-order valence-corrected chi connectivity index (χ1v) is 10.4. The van der Waals surface area contributed by atoms with Gasteiger partial charge in [-0.3, -0.25) is 14.6 Å². The van der Waals surface area contributed by atoms with Gasteiger partial charge in [0.05, 0.1) is 5.41 Å². The lowest BCUT2D eigenvalue weighted by Crippen LogP contribution is -2.38. The van der Waals surface area contributed by atoms with Crippen molar-refractivity contribution in [2.24, 2.45) is 5.73 Å². The maximum absolute atomic E-state index is 12.8. The van der Waals surface area contributed by atoms with Gasteiger partial charge in [-0.15, -0.1) is 0 Å². The van der Waals surface area contributed by atoms with Crippen LogP contribution in [-0.2, 0) is 10.2 Å². The van der Waals surface area contributed by atoms with Crippen LogP contribution in [0.2, 0.25) is 0 Å². The molecule has 158 valence electrons. The Morgan fingerprint density at radius 3 is 2.42 bits per heavy atom. The van der Waals surface area contributed by atoms with Crippen LogP contribution in [0.4, 0.5) is 5.69 Å². The molecule has 2 amide bonds. The van der Waals surface area contributed by atoms with Gasteiger partial charge in [0, 0.05) is 36.2 Å². The highest BCUT2D eigenvalue weighted by Gasteiger charge is 2.51. The monoisotopic (exact) mass is 414 g/mol. The first kappa shape index (κ1) is 20.8. The average molecular weight is 415 g/mol. The fourth-order valence-corrected chi connectivity index (χ4v) is 3.71. The van der Waals surface area contributed by atoms with Crippen LogP contribution >= 0.6 is 0 Å². The zero-order chi connectivity index (χ0) is 21.8. The van der Waals surface area contributed by atoms with Crippen molar-refractivity contribution in [1.29, 1.82) is 0 Å². The number of nitrogens with one attached hydrogen (secondary N) is 2. The van der Waals surface area contributed by atoms with E-state index < -0.39 is 5.41 Å². The third-order valence-electron chi connectivity index (χ3n) is 5.86. The van der Waals surface area contributed by atoms with Gasteiger partial charge >= 0.3 is 0 Å². The van der Waals surface area contributed by atoms with E-state index in [1.54, 1.807) is 30.6 Å². The third kappa shape index (κ3) is 4.49. The van der Waals surface area contributed by atoms with Crippen molar-refractivity contribution in [2.45, 2.75) is 31.2 Å². The molecule has 1 saturated carbocycles. The van der Waals surface area contributed by atoms with Crippen molar-refractivity contribution in [3.05, 3.63) is 95.3 Å². The number of nitrogens with two attached hydrogens (primary N) is 1. The minimum Gasteiger partial charge on any atom is -0.353 e. The highest BCUT2D eigenvalue weighted by Crippen LogP contribution is 2.48. The summed E-state index contributed by atoms with van der Waals surface area (Å²) in [7, 11) is 0. The Bertz CT molecular complexity index is 1080. The number of amides is 2. The Morgan fingerprint density at radius 2 is 1.77 bits per heavy atom. The number of hydrogen-bond donors (Lipinski definition) is 3. The lowest BCUT2D eigenvalue weighted by molar-refractivity contribution is -0.123. The topological polar surface area (TPSA) is 97.1 Å². The third-order valence-corrected chi connectivity index (χ3v) is 5.86. The molecule has 1 fully saturated rings. The number of hydrogen-bond acceptors (Lipinski definition) is 4. The SMILES string of the molecule is Cc1cnccc1NC(=O)c1ccc(C(N)CNC(=O)C2(c3ccccc3)CC2)cc1. The average Bonchev–Trinajstić information content (AvgIpc) is 3.62. The molecule has 3 aromatic rings. The molecule has 4 N–H and O–H groups in total. The number of benzene rings is 2. The second-order valence-electron chi connectivity index (χ2n) is 8.03. The van der Waals surface area contributed by atoms with Gasteiger partial charge in [0.2, 0.25) is 5.91 Å². The van der Waals surface area contributed by atoms with Crippen molar-refractivity contribution in [3.8, 4) is 0 Å². The van der Waals surface area contributed by atoms with Crippen LogP contribution in [0.1, 0.15) is 45.9 Å². The molecule has 31 heavy (non-hydrogen) atoms. The van der Waals surface area contributed by atoms with Gasteiger partial charge in [0.15, 0.2) is 0 Å². The number of aryl methyl sites for hydroxylation is 1. The molecule has 0 aliphatic heterocycles. The highest BCUT2D eigenvalue weighted by molar-refractivity contribution is 6.04. The minimum atomic E-state index is -0.409. The second kappa shape index (κ2) is 8.70. The summed E-state index contributed by atoms with van der Waals surface area (Å²) in [4.78, 5) is 29.3. The molecule has 1 aliphatic rings. The van der Waals surface area contributed by atoms with Crippen molar-refractivity contribution in [3.63, 3.8) is 0 Å². The van der Waals surface area contributed by atoms with Crippen molar-refractivity contribution < 1.29 is 9.59 Å². The minimum absolute atomic E-state index is 0.0258. The van der Waals surface area contributed by atoms with Crippen molar-refractivity contribution >= 4 is 17.5 Å². The maximum Gasteiger partial charge on any atom is 0.255 e. The van der Waals surface area contributed by atoms with E-state index >= 15 is 0 Å². The summed E-state index contributed by atoms with van der Waals surface area (Å²) in [6, 6.07) is 18.4. The van der Waals surface area contributed by atoms with Gasteiger partial charge in [-0.25, -0.2) is 0 Å². The number of carbonyl (C=O) groups excluding carboxylic acids is 2. The van der Waals surface area contributed by atoms with E-state index in [2.05, 4.69) is 15.6 Å². The second-order valence-corrected chi connectivity index (χ2v) is 8.03. The van der Waals surface area contributed by atoms with Gasteiger partial charge in [0.1, 0.15) is 0 Å². The molecule has 1 unspecified atom stereocenters. The number of anilines is 1.